The Bertz CT molecular complexity index is 636. The van der Waals surface area contributed by atoms with Crippen molar-refractivity contribution in [2.75, 3.05) is 17.2 Å². The first kappa shape index (κ1) is 14.5. The van der Waals surface area contributed by atoms with Crippen LogP contribution in [0.5, 0.6) is 0 Å². The van der Waals surface area contributed by atoms with Gasteiger partial charge in [-0.1, -0.05) is 12.1 Å². The highest BCUT2D eigenvalue weighted by molar-refractivity contribution is 5.93. The van der Waals surface area contributed by atoms with Crippen molar-refractivity contribution in [2.24, 2.45) is 5.92 Å². The molecule has 1 heterocycles. The Morgan fingerprint density at radius 2 is 1.95 bits per heavy atom. The van der Waals surface area contributed by atoms with E-state index in [1.54, 1.807) is 24.4 Å². The normalized spacial score (nSPS) is 13.7. The quantitative estimate of drug-likeness (QED) is 0.861. The molecule has 0 unspecified atom stereocenters. The first-order valence-corrected chi connectivity index (χ1v) is 7.46. The zero-order valence-electron chi connectivity index (χ0n) is 12.2. The maximum Gasteiger partial charge on any atom is 0.228 e. The van der Waals surface area contributed by atoms with Gasteiger partial charge in [-0.25, -0.2) is 9.37 Å². The van der Waals surface area contributed by atoms with E-state index in [9.17, 15) is 9.18 Å². The smallest absolute Gasteiger partial charge is 0.228 e. The zero-order chi connectivity index (χ0) is 15.4. The minimum atomic E-state index is -0.218. The summed E-state index contributed by atoms with van der Waals surface area (Å²) >= 11 is 0. The molecule has 0 radical (unpaired) electrons. The molecular formula is C17H18FN3O. The maximum absolute atomic E-state index is 12.8. The van der Waals surface area contributed by atoms with Gasteiger partial charge in [0.25, 0.3) is 0 Å². The molecule has 0 atom stereocenters. The summed E-state index contributed by atoms with van der Waals surface area (Å²) in [6, 6.07) is 10.2. The van der Waals surface area contributed by atoms with Crippen molar-refractivity contribution in [3.8, 4) is 0 Å². The van der Waals surface area contributed by atoms with Crippen molar-refractivity contribution in [1.29, 1.82) is 0 Å². The number of hydrogen-bond acceptors (Lipinski definition) is 3. The number of benzene rings is 1. The van der Waals surface area contributed by atoms with Crippen molar-refractivity contribution >= 4 is 17.4 Å². The van der Waals surface area contributed by atoms with Gasteiger partial charge in [-0.05, 0) is 49.1 Å². The fourth-order valence-electron chi connectivity index (χ4n) is 2.15. The third-order valence-corrected chi connectivity index (χ3v) is 3.62. The minimum Gasteiger partial charge on any atom is -0.383 e. The molecule has 1 aliphatic rings. The van der Waals surface area contributed by atoms with E-state index < -0.39 is 0 Å². The lowest BCUT2D eigenvalue weighted by molar-refractivity contribution is -0.117. The molecule has 0 spiro atoms. The van der Waals surface area contributed by atoms with Gasteiger partial charge in [-0.2, -0.15) is 0 Å². The summed E-state index contributed by atoms with van der Waals surface area (Å²) < 4.78 is 12.8. The van der Waals surface area contributed by atoms with Gasteiger partial charge in [0.2, 0.25) is 5.91 Å². The Morgan fingerprint density at radius 1 is 1.18 bits per heavy atom. The van der Waals surface area contributed by atoms with Gasteiger partial charge in [0.05, 0.1) is 11.9 Å². The molecule has 0 saturated heterocycles. The summed E-state index contributed by atoms with van der Waals surface area (Å²) in [7, 11) is 0. The van der Waals surface area contributed by atoms with Crippen LogP contribution >= 0.6 is 0 Å². The molecule has 1 aromatic heterocycles. The van der Waals surface area contributed by atoms with Gasteiger partial charge < -0.3 is 10.6 Å². The summed E-state index contributed by atoms with van der Waals surface area (Å²) in [5.74, 6) is 0.602. The number of aromatic nitrogens is 1. The monoisotopic (exact) mass is 299 g/mol. The second-order valence-corrected chi connectivity index (χ2v) is 5.50. The average Bonchev–Trinajstić information content (AvgIpc) is 3.36. The lowest BCUT2D eigenvalue weighted by Gasteiger charge is -2.08. The fraction of sp³-hybridized carbons (Fsp3) is 0.294. The number of halogens is 1. The van der Waals surface area contributed by atoms with Gasteiger partial charge in [0.15, 0.2) is 0 Å². The van der Waals surface area contributed by atoms with E-state index in [2.05, 4.69) is 15.6 Å². The van der Waals surface area contributed by atoms with Crippen molar-refractivity contribution in [2.45, 2.75) is 19.3 Å². The van der Waals surface area contributed by atoms with Gasteiger partial charge in [-0.15, -0.1) is 0 Å². The van der Waals surface area contributed by atoms with Crippen molar-refractivity contribution in [3.05, 3.63) is 54.0 Å². The molecule has 1 saturated carbocycles. The van der Waals surface area contributed by atoms with Crippen molar-refractivity contribution in [1.82, 2.24) is 4.98 Å². The van der Waals surface area contributed by atoms with E-state index in [-0.39, 0.29) is 17.6 Å². The molecule has 1 aliphatic carbocycles. The summed E-state index contributed by atoms with van der Waals surface area (Å²) in [5.41, 5.74) is 1.97. The Hall–Kier alpha value is -2.43. The first-order valence-electron chi connectivity index (χ1n) is 7.46. The molecule has 22 heavy (non-hydrogen) atoms. The van der Waals surface area contributed by atoms with Crippen LogP contribution < -0.4 is 10.6 Å². The molecule has 2 N–H and O–H groups in total. The number of hydrogen-bond donors (Lipinski definition) is 2. The Labute approximate surface area is 128 Å². The van der Waals surface area contributed by atoms with Crippen LogP contribution in [0.4, 0.5) is 15.9 Å². The number of carbonyl (C=O) groups excluding carboxylic acids is 1. The van der Waals surface area contributed by atoms with Crippen LogP contribution in [0.3, 0.4) is 0 Å². The standard InChI is InChI=1S/C17H18FN3O/c18-14-5-1-12(2-6-14)9-10-19-15-7-8-16(20-11-15)21-17(22)13-3-4-13/h1-2,5-8,11,13,19H,3-4,9-10H2,(H,20,21,22). The van der Waals surface area contributed by atoms with Gasteiger partial charge in [0, 0.05) is 12.5 Å². The topological polar surface area (TPSA) is 54.0 Å². The van der Waals surface area contributed by atoms with Gasteiger partial charge >= 0.3 is 0 Å². The third kappa shape index (κ3) is 4.04. The predicted octanol–water partition coefficient (Wildman–Crippen LogP) is 3.22. The zero-order valence-corrected chi connectivity index (χ0v) is 12.2. The number of rotatable bonds is 6. The van der Waals surface area contributed by atoms with Crippen LogP contribution in [-0.2, 0) is 11.2 Å². The van der Waals surface area contributed by atoms with Crippen LogP contribution in [0.1, 0.15) is 18.4 Å². The molecule has 4 nitrogen and oxygen atoms in total. The molecule has 1 aromatic carbocycles. The van der Waals surface area contributed by atoms with Crippen LogP contribution in [0.2, 0.25) is 0 Å². The molecule has 114 valence electrons. The number of nitrogens with one attached hydrogen (secondary N) is 2. The molecule has 0 aliphatic heterocycles. The maximum atomic E-state index is 12.8. The van der Waals surface area contributed by atoms with Crippen LogP contribution in [0, 0.1) is 11.7 Å². The van der Waals surface area contributed by atoms with Crippen molar-refractivity contribution in [3.63, 3.8) is 0 Å². The summed E-state index contributed by atoms with van der Waals surface area (Å²) in [6.45, 7) is 0.737. The Morgan fingerprint density at radius 3 is 2.59 bits per heavy atom. The SMILES string of the molecule is O=C(Nc1ccc(NCCc2ccc(F)cc2)cn1)C1CC1. The minimum absolute atomic E-state index is 0.0597. The molecule has 1 amide bonds. The van der Waals surface area contributed by atoms with Crippen molar-refractivity contribution < 1.29 is 9.18 Å². The summed E-state index contributed by atoms with van der Waals surface area (Å²) in [4.78, 5) is 15.8. The second-order valence-electron chi connectivity index (χ2n) is 5.50. The van der Waals surface area contributed by atoms with E-state index in [1.165, 1.54) is 12.1 Å². The largest absolute Gasteiger partial charge is 0.383 e. The molecule has 3 rings (SSSR count). The lowest BCUT2D eigenvalue weighted by atomic mass is 10.1. The Kier molecular flexibility index (Phi) is 4.32. The lowest BCUT2D eigenvalue weighted by Crippen LogP contribution is -2.14. The number of carbonyl (C=O) groups is 1. The fourth-order valence-corrected chi connectivity index (χ4v) is 2.15. The summed E-state index contributed by atoms with van der Waals surface area (Å²) in [5, 5.41) is 6.06. The average molecular weight is 299 g/mol. The molecule has 2 aromatic rings. The highest BCUT2D eigenvalue weighted by atomic mass is 19.1. The van der Waals surface area contributed by atoms with E-state index in [1.807, 2.05) is 6.07 Å². The number of anilines is 2. The number of amides is 1. The summed E-state index contributed by atoms with van der Waals surface area (Å²) in [6.07, 6.45) is 4.47. The number of pyridine rings is 1. The Balaban J connectivity index is 1.46. The number of nitrogens with zero attached hydrogens (tertiary/aromatic N) is 1. The van der Waals surface area contributed by atoms with Crippen LogP contribution in [-0.4, -0.2) is 17.4 Å². The van der Waals surface area contributed by atoms with E-state index in [4.69, 9.17) is 0 Å². The van der Waals surface area contributed by atoms with E-state index in [0.29, 0.717) is 5.82 Å². The van der Waals surface area contributed by atoms with Gasteiger partial charge in [-0.3, -0.25) is 4.79 Å². The van der Waals surface area contributed by atoms with Crippen LogP contribution in [0.15, 0.2) is 42.6 Å². The molecular weight excluding hydrogens is 281 g/mol. The first-order chi connectivity index (χ1) is 10.7. The van der Waals surface area contributed by atoms with E-state index >= 15 is 0 Å². The second kappa shape index (κ2) is 6.56. The third-order valence-electron chi connectivity index (χ3n) is 3.62. The van der Waals surface area contributed by atoms with Crippen LogP contribution in [0.25, 0.3) is 0 Å². The highest BCUT2D eigenvalue weighted by Crippen LogP contribution is 2.29. The predicted molar refractivity (Wildman–Crippen MR) is 84.2 cm³/mol. The highest BCUT2D eigenvalue weighted by Gasteiger charge is 2.29. The van der Waals surface area contributed by atoms with E-state index in [0.717, 1.165) is 37.1 Å². The molecule has 5 heteroatoms. The molecule has 1 fully saturated rings. The van der Waals surface area contributed by atoms with Gasteiger partial charge in [0.1, 0.15) is 11.6 Å². The molecule has 0 bridgehead atoms.